The minimum absolute atomic E-state index is 0.282. The molecule has 0 unspecified atom stereocenters. The lowest BCUT2D eigenvalue weighted by Crippen LogP contribution is -2.34. The summed E-state index contributed by atoms with van der Waals surface area (Å²) in [6, 6.07) is 6.32. The van der Waals surface area contributed by atoms with Crippen LogP contribution in [0.15, 0.2) is 24.3 Å². The number of nitrogen functional groups attached to an aromatic ring is 1. The Labute approximate surface area is 91.3 Å². The van der Waals surface area contributed by atoms with E-state index in [4.69, 9.17) is 10.8 Å². The van der Waals surface area contributed by atoms with Crippen LogP contribution in [-0.4, -0.2) is 30.6 Å². The summed E-state index contributed by atoms with van der Waals surface area (Å²) in [5, 5.41) is 8.62. The van der Waals surface area contributed by atoms with E-state index in [0.29, 0.717) is 5.69 Å². The average Bonchev–Trinajstić information content (AvgIpc) is 2.15. The second kappa shape index (κ2) is 5.29. The molecule has 0 bridgehead atoms. The topological polar surface area (TPSA) is 66.6 Å². The van der Waals surface area contributed by atoms with E-state index < -0.39 is 25.5 Å². The third kappa shape index (κ3) is 3.38. The van der Waals surface area contributed by atoms with E-state index in [2.05, 4.69) is 0 Å². The molecule has 0 spiro atoms. The highest BCUT2D eigenvalue weighted by atomic mass is 19.3. The molecule has 0 aliphatic carbocycles. The maximum atomic E-state index is 12.3. The molecule has 0 fully saturated rings. The zero-order valence-corrected chi connectivity index (χ0v) is 8.44. The number of nitrogens with zero attached hydrogens (tertiary/aromatic N) is 1. The van der Waals surface area contributed by atoms with E-state index in [1.807, 2.05) is 0 Å². The molecule has 1 aromatic rings. The van der Waals surface area contributed by atoms with Crippen molar-refractivity contribution in [1.82, 2.24) is 0 Å². The summed E-state index contributed by atoms with van der Waals surface area (Å²) < 4.78 is 24.6. The predicted octanol–water partition coefficient (Wildman–Crippen LogP) is 1.42. The fraction of sp³-hybridized carbons (Fsp3) is 0.300. The van der Waals surface area contributed by atoms with Gasteiger partial charge in [-0.15, -0.1) is 0 Å². The van der Waals surface area contributed by atoms with Gasteiger partial charge in [0, 0.05) is 0 Å². The molecule has 0 aliphatic heterocycles. The lowest BCUT2D eigenvalue weighted by atomic mass is 10.2. The highest BCUT2D eigenvalue weighted by molar-refractivity contribution is 5.77. The Morgan fingerprint density at radius 3 is 2.56 bits per heavy atom. The number of aliphatic carboxylic acids is 1. The molecule has 0 atom stereocenters. The van der Waals surface area contributed by atoms with Gasteiger partial charge in [-0.3, -0.25) is 4.79 Å². The second-order valence-corrected chi connectivity index (χ2v) is 3.22. The molecule has 4 nitrogen and oxygen atoms in total. The molecule has 0 saturated carbocycles. The lowest BCUT2D eigenvalue weighted by molar-refractivity contribution is -0.135. The number of rotatable bonds is 5. The molecule has 6 heteroatoms. The number of hydrogen-bond donors (Lipinski definition) is 2. The molecule has 88 valence electrons. The van der Waals surface area contributed by atoms with Crippen LogP contribution in [-0.2, 0) is 4.79 Å². The van der Waals surface area contributed by atoms with Crippen molar-refractivity contribution in [3.63, 3.8) is 0 Å². The number of carboxylic acid groups (broad SMARTS) is 1. The smallest absolute Gasteiger partial charge is 0.323 e. The third-order valence-corrected chi connectivity index (χ3v) is 1.96. The summed E-state index contributed by atoms with van der Waals surface area (Å²) in [4.78, 5) is 11.6. The summed E-state index contributed by atoms with van der Waals surface area (Å²) in [5.74, 6) is -1.18. The van der Waals surface area contributed by atoms with Crippen molar-refractivity contribution in [3.8, 4) is 0 Å². The van der Waals surface area contributed by atoms with E-state index in [9.17, 15) is 13.6 Å². The molecule has 1 rings (SSSR count). The van der Waals surface area contributed by atoms with E-state index in [0.717, 1.165) is 4.90 Å². The van der Waals surface area contributed by atoms with Gasteiger partial charge in [-0.2, -0.15) is 0 Å². The van der Waals surface area contributed by atoms with Crippen LogP contribution < -0.4 is 10.6 Å². The lowest BCUT2D eigenvalue weighted by Gasteiger charge is -2.23. The molecule has 0 saturated heterocycles. The molecule has 0 radical (unpaired) electrons. The summed E-state index contributed by atoms with van der Waals surface area (Å²) in [6.07, 6.45) is -2.61. The second-order valence-electron chi connectivity index (χ2n) is 3.22. The van der Waals surface area contributed by atoms with E-state index in [1.165, 1.54) is 12.1 Å². The first-order valence-corrected chi connectivity index (χ1v) is 4.60. The van der Waals surface area contributed by atoms with Crippen molar-refractivity contribution < 1.29 is 18.7 Å². The molecule has 0 aromatic heterocycles. The van der Waals surface area contributed by atoms with Crippen LogP contribution in [0.25, 0.3) is 0 Å². The Hall–Kier alpha value is -1.85. The maximum absolute atomic E-state index is 12.3. The van der Waals surface area contributed by atoms with Gasteiger partial charge in [0.25, 0.3) is 6.43 Å². The van der Waals surface area contributed by atoms with Crippen molar-refractivity contribution in [3.05, 3.63) is 24.3 Å². The third-order valence-electron chi connectivity index (χ3n) is 1.96. The van der Waals surface area contributed by atoms with Crippen molar-refractivity contribution in [2.45, 2.75) is 6.43 Å². The standard InChI is InChI=1S/C10H12F2N2O2/c11-9(12)5-14(6-10(15)16)8-4-2-1-3-7(8)13/h1-4,9H,5-6,13H2,(H,15,16). The largest absolute Gasteiger partial charge is 0.480 e. The van der Waals surface area contributed by atoms with E-state index >= 15 is 0 Å². The summed E-state index contributed by atoms with van der Waals surface area (Å²) >= 11 is 0. The van der Waals surface area contributed by atoms with Crippen molar-refractivity contribution in [2.24, 2.45) is 0 Å². The van der Waals surface area contributed by atoms with Gasteiger partial charge in [0.1, 0.15) is 6.54 Å². The van der Waals surface area contributed by atoms with Crippen LogP contribution >= 0.6 is 0 Å². The molecule has 3 N–H and O–H groups in total. The highest BCUT2D eigenvalue weighted by Gasteiger charge is 2.17. The number of anilines is 2. The Morgan fingerprint density at radius 2 is 2.06 bits per heavy atom. The molecule has 0 amide bonds. The van der Waals surface area contributed by atoms with Crippen LogP contribution in [0, 0.1) is 0 Å². The minimum Gasteiger partial charge on any atom is -0.480 e. The quantitative estimate of drug-likeness (QED) is 0.751. The van der Waals surface area contributed by atoms with Gasteiger partial charge in [-0.05, 0) is 12.1 Å². The SMILES string of the molecule is Nc1ccccc1N(CC(=O)O)CC(F)F. The van der Waals surface area contributed by atoms with Gasteiger partial charge < -0.3 is 15.7 Å². The fourth-order valence-corrected chi connectivity index (χ4v) is 1.35. The zero-order valence-electron chi connectivity index (χ0n) is 8.44. The number of halogens is 2. The first-order chi connectivity index (χ1) is 7.50. The first-order valence-electron chi connectivity index (χ1n) is 4.60. The summed E-state index contributed by atoms with van der Waals surface area (Å²) in [6.45, 7) is -1.15. The van der Waals surface area contributed by atoms with Gasteiger partial charge in [0.2, 0.25) is 0 Å². The maximum Gasteiger partial charge on any atom is 0.323 e. The monoisotopic (exact) mass is 230 g/mol. The Kier molecular flexibility index (Phi) is 4.04. The van der Waals surface area contributed by atoms with Crippen LogP contribution in [0.4, 0.5) is 20.2 Å². The van der Waals surface area contributed by atoms with Gasteiger partial charge in [0.05, 0.1) is 17.9 Å². The van der Waals surface area contributed by atoms with Gasteiger partial charge in [-0.1, -0.05) is 12.1 Å². The number of nitrogens with two attached hydrogens (primary N) is 1. The predicted molar refractivity (Wildman–Crippen MR) is 56.7 cm³/mol. The van der Waals surface area contributed by atoms with Crippen LogP contribution in [0.1, 0.15) is 0 Å². The number of carbonyl (C=O) groups is 1. The van der Waals surface area contributed by atoms with Crippen molar-refractivity contribution >= 4 is 17.3 Å². The van der Waals surface area contributed by atoms with E-state index in [1.54, 1.807) is 12.1 Å². The summed E-state index contributed by atoms with van der Waals surface area (Å²) in [7, 11) is 0. The van der Waals surface area contributed by atoms with Crippen LogP contribution in [0.2, 0.25) is 0 Å². The molecule has 1 aromatic carbocycles. The van der Waals surface area contributed by atoms with Gasteiger partial charge in [0.15, 0.2) is 0 Å². The van der Waals surface area contributed by atoms with Crippen molar-refractivity contribution in [1.29, 1.82) is 0 Å². The Morgan fingerprint density at radius 1 is 1.44 bits per heavy atom. The van der Waals surface area contributed by atoms with Gasteiger partial charge in [-0.25, -0.2) is 8.78 Å². The Bertz CT molecular complexity index is 372. The highest BCUT2D eigenvalue weighted by Crippen LogP contribution is 2.22. The minimum atomic E-state index is -2.61. The normalized spacial score (nSPS) is 10.4. The molecular weight excluding hydrogens is 218 g/mol. The van der Waals surface area contributed by atoms with E-state index in [-0.39, 0.29) is 5.69 Å². The van der Waals surface area contributed by atoms with Crippen LogP contribution in [0.5, 0.6) is 0 Å². The number of carboxylic acids is 1. The molecule has 0 aliphatic rings. The first kappa shape index (κ1) is 12.2. The molecule has 16 heavy (non-hydrogen) atoms. The number of para-hydroxylation sites is 2. The van der Waals surface area contributed by atoms with Crippen LogP contribution in [0.3, 0.4) is 0 Å². The number of hydrogen-bond acceptors (Lipinski definition) is 3. The fourth-order valence-electron chi connectivity index (χ4n) is 1.35. The van der Waals surface area contributed by atoms with Crippen molar-refractivity contribution in [2.75, 3.05) is 23.7 Å². The number of benzene rings is 1. The van der Waals surface area contributed by atoms with Gasteiger partial charge >= 0.3 is 5.97 Å². The molecular formula is C10H12F2N2O2. The molecule has 0 heterocycles. The number of alkyl halides is 2. The Balaban J connectivity index is 2.91. The average molecular weight is 230 g/mol. The summed E-state index contributed by atoms with van der Waals surface area (Å²) in [5.41, 5.74) is 6.19. The zero-order chi connectivity index (χ0) is 12.1.